The number of anilines is 2. The molecule has 0 aliphatic heterocycles. The minimum Gasteiger partial charge on any atom is -0.465 e. The Hall–Kier alpha value is -3.38. The predicted molar refractivity (Wildman–Crippen MR) is 141 cm³/mol. The number of halogens is 1. The molecule has 0 bridgehead atoms. The molecule has 0 saturated carbocycles. The van der Waals surface area contributed by atoms with Gasteiger partial charge in [-0.1, -0.05) is 32.4 Å². The van der Waals surface area contributed by atoms with Crippen LogP contribution < -0.4 is 15.4 Å². The number of carbonyl (C=O) groups is 1. The standard InChI is InChI=1S/C23H30ClN7O4S/c1-6-36(34,35)31-16-10-14(9-15(24)11-16)18-19(30-20(29-18)23(3,4)5)17-7-8-25-21(28-17)26-12-13(2)27-22(32)33/h7-11,13,27,31H,6,12H2,1-5H3,(H,29,30)(H,32,33)(H,25,26,28). The van der Waals surface area contributed by atoms with Gasteiger partial charge in [-0.25, -0.2) is 28.2 Å². The number of carboxylic acid groups (broad SMARTS) is 1. The second-order valence-corrected chi connectivity index (χ2v) is 11.7. The van der Waals surface area contributed by atoms with Crippen molar-refractivity contribution in [2.75, 3.05) is 22.3 Å². The highest BCUT2D eigenvalue weighted by Crippen LogP contribution is 2.35. The maximum absolute atomic E-state index is 12.1. The molecule has 3 rings (SSSR count). The Morgan fingerprint density at radius 2 is 1.94 bits per heavy atom. The molecule has 0 fully saturated rings. The van der Waals surface area contributed by atoms with E-state index in [1.807, 2.05) is 20.8 Å². The normalized spacial score (nSPS) is 12.7. The zero-order valence-corrected chi connectivity index (χ0v) is 22.3. The Balaban J connectivity index is 2.05. The number of hydrogen-bond donors (Lipinski definition) is 5. The van der Waals surface area contributed by atoms with Crippen molar-refractivity contribution in [3.8, 4) is 22.6 Å². The summed E-state index contributed by atoms with van der Waals surface area (Å²) in [5.41, 5.74) is 2.31. The van der Waals surface area contributed by atoms with Gasteiger partial charge in [-0.3, -0.25) is 4.72 Å². The number of aromatic nitrogens is 4. The van der Waals surface area contributed by atoms with Gasteiger partial charge < -0.3 is 20.7 Å². The van der Waals surface area contributed by atoms with Gasteiger partial charge in [0.1, 0.15) is 5.82 Å². The van der Waals surface area contributed by atoms with E-state index < -0.39 is 16.1 Å². The highest BCUT2D eigenvalue weighted by Gasteiger charge is 2.24. The molecule has 11 nitrogen and oxygen atoms in total. The van der Waals surface area contributed by atoms with Gasteiger partial charge in [-0.05, 0) is 38.1 Å². The number of imidazole rings is 1. The number of nitrogens with one attached hydrogen (secondary N) is 4. The minimum atomic E-state index is -3.50. The molecule has 0 spiro atoms. The average molecular weight is 536 g/mol. The van der Waals surface area contributed by atoms with Gasteiger partial charge in [0.05, 0.1) is 28.5 Å². The smallest absolute Gasteiger partial charge is 0.404 e. The SMILES string of the molecule is CCS(=O)(=O)Nc1cc(Cl)cc(-c2nc(C(C)(C)C)[nH]c2-c2ccnc(NCC(C)NC(=O)O)n2)c1. The van der Waals surface area contributed by atoms with Gasteiger partial charge >= 0.3 is 6.09 Å². The third-order valence-corrected chi connectivity index (χ3v) is 6.61. The van der Waals surface area contributed by atoms with Crippen molar-refractivity contribution in [1.29, 1.82) is 0 Å². The number of benzene rings is 1. The molecule has 1 atom stereocenters. The molecule has 36 heavy (non-hydrogen) atoms. The second-order valence-electron chi connectivity index (χ2n) is 9.29. The third kappa shape index (κ3) is 7.08. The van der Waals surface area contributed by atoms with Crippen LogP contribution in [0.5, 0.6) is 0 Å². The summed E-state index contributed by atoms with van der Waals surface area (Å²) in [5.74, 6) is 0.941. The molecular weight excluding hydrogens is 506 g/mol. The summed E-state index contributed by atoms with van der Waals surface area (Å²) in [6.07, 6.45) is 0.470. The lowest BCUT2D eigenvalue weighted by molar-refractivity contribution is 0.191. The van der Waals surface area contributed by atoms with Gasteiger partial charge in [0.15, 0.2) is 0 Å². The summed E-state index contributed by atoms with van der Waals surface area (Å²) in [7, 11) is -3.50. The summed E-state index contributed by atoms with van der Waals surface area (Å²) in [6, 6.07) is 6.27. The molecule has 13 heteroatoms. The number of aromatic amines is 1. The monoisotopic (exact) mass is 535 g/mol. The summed E-state index contributed by atoms with van der Waals surface area (Å²) in [5, 5.41) is 14.6. The molecule has 1 amide bonds. The number of rotatable bonds is 9. The molecule has 0 radical (unpaired) electrons. The van der Waals surface area contributed by atoms with Gasteiger partial charge in [0, 0.05) is 34.8 Å². The molecule has 2 aromatic heterocycles. The van der Waals surface area contributed by atoms with E-state index in [1.54, 1.807) is 38.2 Å². The van der Waals surface area contributed by atoms with Crippen LogP contribution in [0.1, 0.15) is 40.4 Å². The van der Waals surface area contributed by atoms with Crippen LogP contribution in [0.15, 0.2) is 30.5 Å². The van der Waals surface area contributed by atoms with E-state index in [-0.39, 0.29) is 23.8 Å². The molecule has 2 heterocycles. The third-order valence-electron chi connectivity index (χ3n) is 5.09. The van der Waals surface area contributed by atoms with Crippen molar-refractivity contribution in [2.24, 2.45) is 0 Å². The summed E-state index contributed by atoms with van der Waals surface area (Å²) >= 11 is 6.34. The Kier molecular flexibility index (Phi) is 8.09. The van der Waals surface area contributed by atoms with E-state index in [1.165, 1.54) is 6.07 Å². The Morgan fingerprint density at radius 1 is 1.22 bits per heavy atom. The van der Waals surface area contributed by atoms with Crippen molar-refractivity contribution < 1.29 is 18.3 Å². The summed E-state index contributed by atoms with van der Waals surface area (Å²) < 4.78 is 26.8. The lowest BCUT2D eigenvalue weighted by Gasteiger charge is -2.14. The van der Waals surface area contributed by atoms with Gasteiger partial charge in [-0.15, -0.1) is 0 Å². The lowest BCUT2D eigenvalue weighted by atomic mass is 9.96. The van der Waals surface area contributed by atoms with Crippen LogP contribution in [-0.4, -0.2) is 57.9 Å². The zero-order chi connectivity index (χ0) is 26.7. The Morgan fingerprint density at radius 3 is 2.58 bits per heavy atom. The second kappa shape index (κ2) is 10.7. The molecule has 1 aromatic carbocycles. The quantitative estimate of drug-likeness (QED) is 0.270. The molecule has 0 aliphatic carbocycles. The summed E-state index contributed by atoms with van der Waals surface area (Å²) in [4.78, 5) is 27.8. The first kappa shape index (κ1) is 27.2. The average Bonchev–Trinajstić information content (AvgIpc) is 3.23. The van der Waals surface area contributed by atoms with Crippen molar-refractivity contribution in [2.45, 2.75) is 46.1 Å². The molecule has 194 valence electrons. The van der Waals surface area contributed by atoms with Crippen molar-refractivity contribution in [3.05, 3.63) is 41.3 Å². The molecule has 1 unspecified atom stereocenters. The van der Waals surface area contributed by atoms with Crippen LogP contribution in [0.25, 0.3) is 22.6 Å². The number of nitrogens with zero attached hydrogens (tertiary/aromatic N) is 3. The van der Waals surface area contributed by atoms with Crippen LogP contribution in [-0.2, 0) is 15.4 Å². The first-order chi connectivity index (χ1) is 16.8. The molecule has 0 aliphatic rings. The maximum atomic E-state index is 12.1. The highest BCUT2D eigenvalue weighted by molar-refractivity contribution is 7.92. The fourth-order valence-corrected chi connectivity index (χ4v) is 4.11. The fourth-order valence-electron chi connectivity index (χ4n) is 3.25. The van der Waals surface area contributed by atoms with Crippen LogP contribution in [0.4, 0.5) is 16.4 Å². The van der Waals surface area contributed by atoms with E-state index >= 15 is 0 Å². The first-order valence-corrected chi connectivity index (χ1v) is 13.3. The van der Waals surface area contributed by atoms with Crippen molar-refractivity contribution >= 4 is 39.4 Å². The van der Waals surface area contributed by atoms with Crippen molar-refractivity contribution in [1.82, 2.24) is 25.3 Å². The molecule has 3 aromatic rings. The van der Waals surface area contributed by atoms with Crippen LogP contribution >= 0.6 is 11.6 Å². The Labute approximate surface area is 215 Å². The highest BCUT2D eigenvalue weighted by atomic mass is 35.5. The van der Waals surface area contributed by atoms with Crippen LogP contribution in [0, 0.1) is 0 Å². The van der Waals surface area contributed by atoms with E-state index in [4.69, 9.17) is 21.7 Å². The lowest BCUT2D eigenvalue weighted by Crippen LogP contribution is -2.36. The number of H-pyrrole nitrogens is 1. The van der Waals surface area contributed by atoms with Crippen molar-refractivity contribution in [3.63, 3.8) is 0 Å². The number of amides is 1. The largest absolute Gasteiger partial charge is 0.465 e. The van der Waals surface area contributed by atoms with E-state index in [9.17, 15) is 13.2 Å². The maximum Gasteiger partial charge on any atom is 0.404 e. The predicted octanol–water partition coefficient (Wildman–Crippen LogP) is 4.31. The topological polar surface area (TPSA) is 162 Å². The zero-order valence-electron chi connectivity index (χ0n) is 20.7. The van der Waals surface area contributed by atoms with Gasteiger partial charge in [-0.2, -0.15) is 0 Å². The Bertz CT molecular complexity index is 1350. The van der Waals surface area contributed by atoms with Crippen LogP contribution in [0.2, 0.25) is 5.02 Å². The first-order valence-electron chi connectivity index (χ1n) is 11.3. The van der Waals surface area contributed by atoms with E-state index in [2.05, 4.69) is 30.3 Å². The number of hydrogen-bond acceptors (Lipinski definition) is 7. The fraction of sp³-hybridized carbons (Fsp3) is 0.391. The minimum absolute atomic E-state index is 0.0754. The van der Waals surface area contributed by atoms with Crippen LogP contribution in [0.3, 0.4) is 0 Å². The van der Waals surface area contributed by atoms with E-state index in [0.29, 0.717) is 45.1 Å². The molecular formula is C23H30ClN7O4S. The van der Waals surface area contributed by atoms with Gasteiger partial charge in [0.2, 0.25) is 16.0 Å². The number of sulfonamides is 1. The molecule has 0 saturated heterocycles. The van der Waals surface area contributed by atoms with E-state index in [0.717, 1.165) is 0 Å². The van der Waals surface area contributed by atoms with Gasteiger partial charge in [0.25, 0.3) is 0 Å². The summed E-state index contributed by atoms with van der Waals surface area (Å²) in [6.45, 7) is 9.60. The molecule has 5 N–H and O–H groups in total.